The second-order valence-electron chi connectivity index (χ2n) is 5.82. The molecule has 128 valence electrons. The number of ether oxygens (including phenoxy) is 1. The van der Waals surface area contributed by atoms with Crippen molar-refractivity contribution >= 4 is 17.0 Å². The van der Waals surface area contributed by atoms with Gasteiger partial charge < -0.3 is 4.74 Å². The molecule has 0 bridgehead atoms. The van der Waals surface area contributed by atoms with E-state index < -0.39 is 5.97 Å². The molecule has 4 nitrogen and oxygen atoms in total. The summed E-state index contributed by atoms with van der Waals surface area (Å²) in [4.78, 5) is 21.2. The first-order valence-corrected chi connectivity index (χ1v) is 8.27. The summed E-state index contributed by atoms with van der Waals surface area (Å²) in [5.74, 6) is -0.684. The molecule has 5 heteroatoms. The van der Waals surface area contributed by atoms with Crippen LogP contribution in [0.2, 0.25) is 0 Å². The highest BCUT2D eigenvalue weighted by Crippen LogP contribution is 2.25. The van der Waals surface area contributed by atoms with Gasteiger partial charge >= 0.3 is 5.97 Å². The fraction of sp³-hybridized carbons (Fsp3) is 0.250. The average molecular weight is 338 g/mol. The molecule has 1 heterocycles. The van der Waals surface area contributed by atoms with Crippen LogP contribution < -0.4 is 0 Å². The molecule has 0 aliphatic rings. The lowest BCUT2D eigenvalue weighted by molar-refractivity contribution is 0.0601. The molecule has 2 aromatic carbocycles. The Morgan fingerprint density at radius 1 is 1.08 bits per heavy atom. The third-order valence-electron chi connectivity index (χ3n) is 4.04. The Balaban J connectivity index is 2.14. The number of unbranched alkanes of at least 4 members (excludes halogenated alkanes) is 1. The van der Waals surface area contributed by atoms with Gasteiger partial charge in [-0.2, -0.15) is 0 Å². The maximum atomic E-state index is 13.2. The van der Waals surface area contributed by atoms with Gasteiger partial charge in [-0.25, -0.2) is 19.2 Å². The van der Waals surface area contributed by atoms with E-state index in [1.807, 2.05) is 0 Å². The van der Waals surface area contributed by atoms with Crippen LogP contribution in [0.4, 0.5) is 4.39 Å². The Morgan fingerprint density at radius 3 is 2.52 bits per heavy atom. The number of aryl methyl sites for hydroxylation is 1. The van der Waals surface area contributed by atoms with Crippen molar-refractivity contribution in [2.75, 3.05) is 7.11 Å². The van der Waals surface area contributed by atoms with Gasteiger partial charge in [-0.15, -0.1) is 0 Å². The molecule has 0 saturated heterocycles. The number of benzene rings is 2. The van der Waals surface area contributed by atoms with E-state index in [0.717, 1.165) is 36.2 Å². The van der Waals surface area contributed by atoms with Gasteiger partial charge in [0.1, 0.15) is 5.82 Å². The van der Waals surface area contributed by atoms with E-state index in [9.17, 15) is 9.18 Å². The van der Waals surface area contributed by atoms with Crippen LogP contribution >= 0.6 is 0 Å². The van der Waals surface area contributed by atoms with E-state index in [4.69, 9.17) is 14.7 Å². The molecule has 3 rings (SSSR count). The highest BCUT2D eigenvalue weighted by Gasteiger charge is 2.13. The lowest BCUT2D eigenvalue weighted by Crippen LogP contribution is -2.03. The van der Waals surface area contributed by atoms with E-state index in [1.54, 1.807) is 30.3 Å². The second kappa shape index (κ2) is 7.38. The van der Waals surface area contributed by atoms with Gasteiger partial charge in [-0.3, -0.25) is 0 Å². The molecule has 0 saturated carbocycles. The van der Waals surface area contributed by atoms with Gasteiger partial charge in [0.15, 0.2) is 0 Å². The minimum absolute atomic E-state index is 0.282. The maximum absolute atomic E-state index is 13.2. The predicted octanol–water partition coefficient (Wildman–Crippen LogP) is 4.57. The zero-order chi connectivity index (χ0) is 17.8. The highest BCUT2D eigenvalue weighted by atomic mass is 19.1. The van der Waals surface area contributed by atoms with Crippen molar-refractivity contribution in [1.29, 1.82) is 0 Å². The zero-order valence-electron chi connectivity index (χ0n) is 14.3. The van der Waals surface area contributed by atoms with Crippen LogP contribution in [0.1, 0.15) is 35.8 Å². The molecule has 0 atom stereocenters. The smallest absolute Gasteiger partial charge is 0.337 e. The number of methoxy groups -OCH3 is 1. The van der Waals surface area contributed by atoms with Crippen molar-refractivity contribution < 1.29 is 13.9 Å². The lowest BCUT2D eigenvalue weighted by Gasteiger charge is -2.10. The van der Waals surface area contributed by atoms with E-state index >= 15 is 0 Å². The Kier molecular flexibility index (Phi) is 5.03. The summed E-state index contributed by atoms with van der Waals surface area (Å²) in [5, 5.41) is 0. The summed E-state index contributed by atoms with van der Waals surface area (Å²) >= 11 is 0. The number of rotatable bonds is 5. The summed E-state index contributed by atoms with van der Waals surface area (Å²) < 4.78 is 18.0. The number of carbonyl (C=O) groups excluding carboxylic acids is 1. The number of hydrogen-bond donors (Lipinski definition) is 0. The van der Waals surface area contributed by atoms with E-state index in [1.165, 1.54) is 19.2 Å². The zero-order valence-corrected chi connectivity index (χ0v) is 14.3. The standard InChI is InChI=1S/C20H19FN2O2/c1-3-4-5-17-19(13-6-9-15(21)10-7-13)23-16-11-8-14(20(24)25-2)12-18(16)22-17/h6-12H,3-5H2,1-2H3. The number of nitrogens with zero attached hydrogens (tertiary/aromatic N) is 2. The first-order valence-electron chi connectivity index (χ1n) is 8.27. The average Bonchev–Trinajstić information content (AvgIpc) is 2.65. The highest BCUT2D eigenvalue weighted by molar-refractivity contribution is 5.93. The van der Waals surface area contributed by atoms with Crippen LogP contribution in [0.15, 0.2) is 42.5 Å². The first-order chi connectivity index (χ1) is 12.1. The third-order valence-corrected chi connectivity index (χ3v) is 4.04. The molecule has 0 aliphatic carbocycles. The van der Waals surface area contributed by atoms with Gasteiger partial charge in [-0.1, -0.05) is 13.3 Å². The predicted molar refractivity (Wildman–Crippen MR) is 94.9 cm³/mol. The van der Waals surface area contributed by atoms with Gasteiger partial charge in [0.25, 0.3) is 0 Å². The van der Waals surface area contributed by atoms with Gasteiger partial charge in [0, 0.05) is 5.56 Å². The monoisotopic (exact) mass is 338 g/mol. The van der Waals surface area contributed by atoms with Crippen molar-refractivity contribution in [3.8, 4) is 11.3 Å². The van der Waals surface area contributed by atoms with Crippen molar-refractivity contribution in [3.05, 3.63) is 59.5 Å². The molecule has 0 aliphatic heterocycles. The van der Waals surface area contributed by atoms with Crippen molar-refractivity contribution in [2.24, 2.45) is 0 Å². The normalized spacial score (nSPS) is 10.8. The van der Waals surface area contributed by atoms with Crippen LogP contribution in [0.3, 0.4) is 0 Å². The maximum Gasteiger partial charge on any atom is 0.337 e. The molecule has 3 aromatic rings. The minimum Gasteiger partial charge on any atom is -0.465 e. The van der Waals surface area contributed by atoms with Crippen molar-refractivity contribution in [1.82, 2.24) is 9.97 Å². The van der Waals surface area contributed by atoms with Gasteiger partial charge in [0.05, 0.1) is 35.1 Å². The van der Waals surface area contributed by atoms with Crippen molar-refractivity contribution in [2.45, 2.75) is 26.2 Å². The molecular weight excluding hydrogens is 319 g/mol. The molecular formula is C20H19FN2O2. The fourth-order valence-electron chi connectivity index (χ4n) is 2.69. The molecule has 0 fully saturated rings. The number of aromatic nitrogens is 2. The fourth-order valence-corrected chi connectivity index (χ4v) is 2.69. The van der Waals surface area contributed by atoms with Crippen LogP contribution in [0.25, 0.3) is 22.3 Å². The molecule has 0 N–H and O–H groups in total. The molecule has 0 unspecified atom stereocenters. The minimum atomic E-state index is -0.401. The topological polar surface area (TPSA) is 52.1 Å². The SMILES string of the molecule is CCCCc1nc2cc(C(=O)OC)ccc2nc1-c1ccc(F)cc1. The molecule has 25 heavy (non-hydrogen) atoms. The van der Waals surface area contributed by atoms with E-state index in [-0.39, 0.29) is 5.82 Å². The second-order valence-corrected chi connectivity index (χ2v) is 5.82. The Hall–Kier alpha value is -2.82. The van der Waals surface area contributed by atoms with Crippen LogP contribution in [-0.2, 0) is 11.2 Å². The summed E-state index contributed by atoms with van der Waals surface area (Å²) in [6.45, 7) is 2.11. The van der Waals surface area contributed by atoms with Crippen LogP contribution in [0.5, 0.6) is 0 Å². The van der Waals surface area contributed by atoms with E-state index in [2.05, 4.69) is 6.92 Å². The van der Waals surface area contributed by atoms with Gasteiger partial charge in [0.2, 0.25) is 0 Å². The first kappa shape index (κ1) is 17.0. The quantitative estimate of drug-likeness (QED) is 0.640. The molecule has 0 amide bonds. The Bertz CT molecular complexity index is 907. The molecule has 0 radical (unpaired) electrons. The summed E-state index contributed by atoms with van der Waals surface area (Å²) in [6, 6.07) is 11.4. The van der Waals surface area contributed by atoms with Crippen LogP contribution in [0, 0.1) is 5.82 Å². The Labute approximate surface area is 145 Å². The summed E-state index contributed by atoms with van der Waals surface area (Å²) in [6.07, 6.45) is 2.78. The molecule has 0 spiro atoms. The van der Waals surface area contributed by atoms with Crippen molar-refractivity contribution in [3.63, 3.8) is 0 Å². The Morgan fingerprint density at radius 2 is 1.84 bits per heavy atom. The van der Waals surface area contributed by atoms with E-state index in [0.29, 0.717) is 16.6 Å². The van der Waals surface area contributed by atoms with Gasteiger partial charge in [-0.05, 0) is 55.3 Å². The number of esters is 1. The lowest BCUT2D eigenvalue weighted by atomic mass is 10.0. The number of carbonyl (C=O) groups is 1. The van der Waals surface area contributed by atoms with Crippen LogP contribution in [-0.4, -0.2) is 23.0 Å². The largest absolute Gasteiger partial charge is 0.465 e. The number of fused-ring (bicyclic) bond motifs is 1. The number of hydrogen-bond acceptors (Lipinski definition) is 4. The molecule has 1 aromatic heterocycles. The third kappa shape index (κ3) is 3.65. The number of halogens is 1. The summed E-state index contributed by atoms with van der Waals surface area (Å²) in [5.41, 5.74) is 4.22. The summed E-state index contributed by atoms with van der Waals surface area (Å²) in [7, 11) is 1.35.